The van der Waals surface area contributed by atoms with E-state index in [1.807, 2.05) is 32.8 Å². The van der Waals surface area contributed by atoms with Crippen LogP contribution in [0.2, 0.25) is 0 Å². The molecule has 0 saturated heterocycles. The van der Waals surface area contributed by atoms with Crippen LogP contribution in [0.5, 0.6) is 0 Å². The molecule has 0 bridgehead atoms. The van der Waals surface area contributed by atoms with E-state index >= 15 is 0 Å². The fourth-order valence-electron chi connectivity index (χ4n) is 2.04. The Kier molecular flexibility index (Phi) is 8.17. The maximum Gasteiger partial charge on any atom is 0.226 e. The van der Waals surface area contributed by atoms with Gasteiger partial charge in [-0.05, 0) is 34.5 Å². The maximum atomic E-state index is 12.3. The van der Waals surface area contributed by atoms with Gasteiger partial charge >= 0.3 is 0 Å². The van der Waals surface area contributed by atoms with E-state index in [4.69, 9.17) is 0 Å². The Morgan fingerprint density at radius 3 is 2.24 bits per heavy atom. The molecule has 0 aliphatic heterocycles. The highest BCUT2D eigenvalue weighted by molar-refractivity contribution is 5.79. The van der Waals surface area contributed by atoms with Crippen LogP contribution >= 0.6 is 0 Å². The Morgan fingerprint density at radius 1 is 1.24 bits per heavy atom. The zero-order valence-electron chi connectivity index (χ0n) is 12.3. The Balaban J connectivity index is 4.37. The van der Waals surface area contributed by atoms with Crippen LogP contribution in [0.15, 0.2) is 0 Å². The fraction of sp³-hybridized carbons (Fsp3) is 0.923. The van der Waals surface area contributed by atoms with Crippen LogP contribution in [0.3, 0.4) is 0 Å². The van der Waals surface area contributed by atoms with Crippen molar-refractivity contribution in [1.29, 1.82) is 0 Å². The van der Waals surface area contributed by atoms with E-state index in [-0.39, 0.29) is 17.9 Å². The van der Waals surface area contributed by atoms with Gasteiger partial charge in [-0.25, -0.2) is 0 Å². The molecular weight excluding hydrogens is 214 g/mol. The monoisotopic (exact) mass is 243 g/mol. The Hall–Kier alpha value is -0.610. The number of nitrogens with one attached hydrogen (secondary N) is 1. The van der Waals surface area contributed by atoms with Crippen molar-refractivity contribution in [2.24, 2.45) is 5.92 Å². The molecule has 0 heterocycles. The SMILES string of the molecule is CCNCC(C)C(=O)N(CC)C(C)CN(C)C. The first-order valence-electron chi connectivity index (χ1n) is 6.59. The van der Waals surface area contributed by atoms with Gasteiger partial charge in [-0.2, -0.15) is 0 Å². The van der Waals surface area contributed by atoms with Crippen molar-refractivity contribution in [3.8, 4) is 0 Å². The largest absolute Gasteiger partial charge is 0.339 e. The van der Waals surface area contributed by atoms with Crippen molar-refractivity contribution < 1.29 is 4.79 Å². The van der Waals surface area contributed by atoms with Crippen molar-refractivity contribution in [3.05, 3.63) is 0 Å². The minimum Gasteiger partial charge on any atom is -0.339 e. The zero-order chi connectivity index (χ0) is 13.4. The summed E-state index contributed by atoms with van der Waals surface area (Å²) in [5, 5.41) is 3.23. The number of nitrogens with zero attached hydrogens (tertiary/aromatic N) is 2. The molecule has 0 aromatic rings. The van der Waals surface area contributed by atoms with Crippen molar-refractivity contribution in [2.45, 2.75) is 33.7 Å². The quantitative estimate of drug-likeness (QED) is 0.692. The van der Waals surface area contributed by atoms with Crippen LogP contribution < -0.4 is 5.32 Å². The van der Waals surface area contributed by atoms with Gasteiger partial charge in [-0.15, -0.1) is 0 Å². The molecule has 4 heteroatoms. The lowest BCUT2D eigenvalue weighted by Gasteiger charge is -2.32. The molecular formula is C13H29N3O. The zero-order valence-corrected chi connectivity index (χ0v) is 12.3. The highest BCUT2D eigenvalue weighted by atomic mass is 16.2. The third kappa shape index (κ3) is 6.03. The summed E-state index contributed by atoms with van der Waals surface area (Å²) in [6.45, 7) is 11.6. The highest BCUT2D eigenvalue weighted by Crippen LogP contribution is 2.07. The summed E-state index contributed by atoms with van der Waals surface area (Å²) >= 11 is 0. The van der Waals surface area contributed by atoms with Gasteiger partial charge in [-0.3, -0.25) is 4.79 Å². The van der Waals surface area contributed by atoms with E-state index in [2.05, 4.69) is 24.1 Å². The first-order chi connectivity index (χ1) is 7.93. The van der Waals surface area contributed by atoms with E-state index in [9.17, 15) is 4.79 Å². The van der Waals surface area contributed by atoms with E-state index in [1.54, 1.807) is 0 Å². The van der Waals surface area contributed by atoms with Gasteiger partial charge in [0.05, 0.1) is 0 Å². The predicted octanol–water partition coefficient (Wildman–Crippen LogP) is 1.03. The molecule has 1 amide bonds. The first kappa shape index (κ1) is 16.4. The molecule has 2 atom stereocenters. The standard InChI is InChI=1S/C13H29N3O/c1-7-14-9-11(3)13(17)16(8-2)12(4)10-15(5)6/h11-12,14H,7-10H2,1-6H3. The summed E-state index contributed by atoms with van der Waals surface area (Å²) in [4.78, 5) is 16.4. The summed E-state index contributed by atoms with van der Waals surface area (Å²) in [5.74, 6) is 0.308. The molecule has 0 aliphatic carbocycles. The van der Waals surface area contributed by atoms with Gasteiger partial charge in [0.1, 0.15) is 0 Å². The number of hydrogen-bond acceptors (Lipinski definition) is 3. The molecule has 0 aromatic heterocycles. The molecule has 102 valence electrons. The van der Waals surface area contributed by atoms with Gasteiger partial charge in [0.25, 0.3) is 0 Å². The van der Waals surface area contributed by atoms with Crippen LogP contribution in [0, 0.1) is 5.92 Å². The number of carbonyl (C=O) groups is 1. The minimum atomic E-state index is 0.0551. The van der Waals surface area contributed by atoms with Crippen molar-refractivity contribution >= 4 is 5.91 Å². The van der Waals surface area contributed by atoms with E-state index in [0.29, 0.717) is 0 Å². The number of hydrogen-bond donors (Lipinski definition) is 1. The first-order valence-corrected chi connectivity index (χ1v) is 6.59. The molecule has 0 saturated carbocycles. The molecule has 17 heavy (non-hydrogen) atoms. The van der Waals surface area contributed by atoms with Crippen molar-refractivity contribution in [1.82, 2.24) is 15.1 Å². The van der Waals surface area contributed by atoms with Gasteiger partial charge in [-0.1, -0.05) is 13.8 Å². The third-order valence-corrected chi connectivity index (χ3v) is 2.91. The molecule has 0 spiro atoms. The normalized spacial score (nSPS) is 14.8. The average molecular weight is 243 g/mol. The lowest BCUT2D eigenvalue weighted by atomic mass is 10.1. The third-order valence-electron chi connectivity index (χ3n) is 2.91. The molecule has 0 aliphatic rings. The minimum absolute atomic E-state index is 0.0551. The van der Waals surface area contributed by atoms with Crippen LogP contribution in [-0.4, -0.2) is 62.0 Å². The smallest absolute Gasteiger partial charge is 0.226 e. The van der Waals surface area contributed by atoms with Crippen LogP contribution in [-0.2, 0) is 4.79 Å². The molecule has 4 nitrogen and oxygen atoms in total. The number of rotatable bonds is 8. The number of amides is 1. The lowest BCUT2D eigenvalue weighted by molar-refractivity contribution is -0.136. The summed E-state index contributed by atoms with van der Waals surface area (Å²) in [5.41, 5.74) is 0. The molecule has 0 rings (SSSR count). The van der Waals surface area contributed by atoms with E-state index < -0.39 is 0 Å². The molecule has 2 unspecified atom stereocenters. The summed E-state index contributed by atoms with van der Waals surface area (Å²) < 4.78 is 0. The fourth-order valence-corrected chi connectivity index (χ4v) is 2.04. The molecule has 0 fully saturated rings. The average Bonchev–Trinajstić information content (AvgIpc) is 2.25. The molecule has 1 N–H and O–H groups in total. The predicted molar refractivity (Wildman–Crippen MR) is 73.1 cm³/mol. The van der Waals surface area contributed by atoms with Gasteiger partial charge < -0.3 is 15.1 Å². The Bertz CT molecular complexity index is 219. The maximum absolute atomic E-state index is 12.3. The summed E-state index contributed by atoms with van der Waals surface area (Å²) in [6, 6.07) is 0.270. The van der Waals surface area contributed by atoms with Gasteiger partial charge in [0.2, 0.25) is 5.91 Å². The second-order valence-electron chi connectivity index (χ2n) is 4.94. The Labute approximate surface area is 106 Å². The number of carbonyl (C=O) groups excluding carboxylic acids is 1. The van der Waals surface area contributed by atoms with E-state index in [1.165, 1.54) is 0 Å². The second kappa shape index (κ2) is 8.48. The second-order valence-corrected chi connectivity index (χ2v) is 4.94. The summed E-state index contributed by atoms with van der Waals surface area (Å²) in [6.07, 6.45) is 0. The van der Waals surface area contributed by atoms with E-state index in [0.717, 1.165) is 26.2 Å². The number of likely N-dealkylation sites (N-methyl/N-ethyl adjacent to an activating group) is 2. The van der Waals surface area contributed by atoms with Gasteiger partial charge in [0, 0.05) is 31.6 Å². The topological polar surface area (TPSA) is 35.6 Å². The van der Waals surface area contributed by atoms with Crippen molar-refractivity contribution in [3.63, 3.8) is 0 Å². The van der Waals surface area contributed by atoms with Gasteiger partial charge in [0.15, 0.2) is 0 Å². The Morgan fingerprint density at radius 2 is 1.82 bits per heavy atom. The van der Waals surface area contributed by atoms with Crippen molar-refractivity contribution in [2.75, 3.05) is 40.3 Å². The summed E-state index contributed by atoms with van der Waals surface area (Å²) in [7, 11) is 4.08. The van der Waals surface area contributed by atoms with Crippen LogP contribution in [0.25, 0.3) is 0 Å². The highest BCUT2D eigenvalue weighted by Gasteiger charge is 2.23. The molecule has 0 aromatic carbocycles. The van der Waals surface area contributed by atoms with Crippen LogP contribution in [0.1, 0.15) is 27.7 Å². The lowest BCUT2D eigenvalue weighted by Crippen LogP contribution is -2.47. The molecule has 0 radical (unpaired) electrons. The van der Waals surface area contributed by atoms with Crippen LogP contribution in [0.4, 0.5) is 0 Å².